The van der Waals surface area contributed by atoms with Gasteiger partial charge in [-0.15, -0.1) is 0 Å². The average molecular weight is 191 g/mol. The third-order valence-corrected chi connectivity index (χ3v) is 3.59. The second-order valence-electron chi connectivity index (χ2n) is 4.61. The fourth-order valence-electron chi connectivity index (χ4n) is 2.77. The predicted molar refractivity (Wildman–Crippen MR) is 55.3 cm³/mol. The highest BCUT2D eigenvalue weighted by Crippen LogP contribution is 2.46. The topological polar surface area (TPSA) is 43.8 Å². The molecule has 3 heteroatoms. The largest absolute Gasteiger partial charge is 0.330 e. The fourth-order valence-corrected chi connectivity index (χ4v) is 2.77. The molecule has 2 aliphatic rings. The number of nitrogens with zero attached hydrogens (tertiary/aromatic N) is 2. The van der Waals surface area contributed by atoms with Crippen molar-refractivity contribution in [3.05, 3.63) is 17.0 Å². The van der Waals surface area contributed by atoms with E-state index in [2.05, 4.69) is 16.8 Å². The highest BCUT2D eigenvalue weighted by Gasteiger charge is 2.36. The van der Waals surface area contributed by atoms with Crippen molar-refractivity contribution in [2.24, 2.45) is 12.8 Å². The van der Waals surface area contributed by atoms with Crippen LogP contribution in [0.3, 0.4) is 0 Å². The van der Waals surface area contributed by atoms with Gasteiger partial charge >= 0.3 is 0 Å². The van der Waals surface area contributed by atoms with Gasteiger partial charge in [0.1, 0.15) is 0 Å². The van der Waals surface area contributed by atoms with Crippen molar-refractivity contribution < 1.29 is 0 Å². The van der Waals surface area contributed by atoms with Crippen LogP contribution in [0.2, 0.25) is 0 Å². The minimum absolute atomic E-state index is 0.592. The maximum atomic E-state index is 5.81. The zero-order valence-corrected chi connectivity index (χ0v) is 8.66. The second kappa shape index (κ2) is 2.83. The van der Waals surface area contributed by atoms with Crippen LogP contribution in [0.15, 0.2) is 0 Å². The molecule has 3 rings (SSSR count). The summed E-state index contributed by atoms with van der Waals surface area (Å²) >= 11 is 0. The molecule has 14 heavy (non-hydrogen) atoms. The first-order valence-corrected chi connectivity index (χ1v) is 5.57. The molecule has 0 bridgehead atoms. The third kappa shape index (κ3) is 1.05. The van der Waals surface area contributed by atoms with Crippen molar-refractivity contribution in [2.45, 2.75) is 37.5 Å². The molecule has 1 fully saturated rings. The Balaban J connectivity index is 2.09. The van der Waals surface area contributed by atoms with Crippen LogP contribution >= 0.6 is 0 Å². The zero-order chi connectivity index (χ0) is 9.71. The van der Waals surface area contributed by atoms with Gasteiger partial charge in [0.05, 0.1) is 5.69 Å². The van der Waals surface area contributed by atoms with Gasteiger partial charge < -0.3 is 5.73 Å². The molecule has 0 aliphatic heterocycles. The van der Waals surface area contributed by atoms with Crippen molar-refractivity contribution in [1.29, 1.82) is 0 Å². The smallest absolute Gasteiger partial charge is 0.0663 e. The summed E-state index contributed by atoms with van der Waals surface area (Å²) in [6.45, 7) is 0.790. The van der Waals surface area contributed by atoms with Crippen LogP contribution in [-0.4, -0.2) is 16.3 Å². The molecule has 0 saturated heterocycles. The Hall–Kier alpha value is -0.830. The number of nitrogens with two attached hydrogens (primary N) is 1. The van der Waals surface area contributed by atoms with Crippen LogP contribution in [0, 0.1) is 0 Å². The summed E-state index contributed by atoms with van der Waals surface area (Å²) in [5.74, 6) is 1.39. The summed E-state index contributed by atoms with van der Waals surface area (Å²) in [6.07, 6.45) is 5.05. The standard InChI is InChI=1S/C11H17N3/c1-14-11(7-2-3-7)10-8(6-12)4-5-9(10)13-14/h7-8H,2-6,12H2,1H3. The van der Waals surface area contributed by atoms with E-state index in [4.69, 9.17) is 5.73 Å². The van der Waals surface area contributed by atoms with Gasteiger partial charge in [0, 0.05) is 30.1 Å². The van der Waals surface area contributed by atoms with Crippen LogP contribution in [-0.2, 0) is 13.5 Å². The molecule has 2 N–H and O–H groups in total. The Kier molecular flexibility index (Phi) is 1.71. The van der Waals surface area contributed by atoms with E-state index in [1.54, 1.807) is 0 Å². The van der Waals surface area contributed by atoms with E-state index >= 15 is 0 Å². The van der Waals surface area contributed by atoms with Crippen LogP contribution in [0.5, 0.6) is 0 Å². The first-order chi connectivity index (χ1) is 6.81. The highest BCUT2D eigenvalue weighted by molar-refractivity contribution is 5.38. The first kappa shape index (κ1) is 8.48. The monoisotopic (exact) mass is 191 g/mol. The molecule has 1 saturated carbocycles. The number of hydrogen-bond acceptors (Lipinski definition) is 2. The summed E-state index contributed by atoms with van der Waals surface area (Å²) in [5.41, 5.74) is 10.1. The van der Waals surface area contributed by atoms with E-state index in [-0.39, 0.29) is 0 Å². The van der Waals surface area contributed by atoms with Crippen molar-refractivity contribution in [3.8, 4) is 0 Å². The number of fused-ring (bicyclic) bond motifs is 1. The Bertz CT molecular complexity index is 363. The van der Waals surface area contributed by atoms with Crippen LogP contribution in [0.25, 0.3) is 0 Å². The fraction of sp³-hybridized carbons (Fsp3) is 0.727. The van der Waals surface area contributed by atoms with Crippen molar-refractivity contribution in [2.75, 3.05) is 6.54 Å². The molecular formula is C11H17N3. The summed E-state index contributed by atoms with van der Waals surface area (Å²) in [5, 5.41) is 4.61. The van der Waals surface area contributed by atoms with Crippen molar-refractivity contribution in [1.82, 2.24) is 9.78 Å². The molecule has 1 aromatic heterocycles. The Morgan fingerprint density at radius 2 is 2.21 bits per heavy atom. The first-order valence-electron chi connectivity index (χ1n) is 5.57. The molecule has 1 unspecified atom stereocenters. The van der Waals surface area contributed by atoms with Crippen molar-refractivity contribution >= 4 is 0 Å². The van der Waals surface area contributed by atoms with Gasteiger partial charge in [-0.2, -0.15) is 5.10 Å². The van der Waals surface area contributed by atoms with Gasteiger partial charge in [0.2, 0.25) is 0 Å². The highest BCUT2D eigenvalue weighted by atomic mass is 15.3. The van der Waals surface area contributed by atoms with Crippen LogP contribution in [0.4, 0.5) is 0 Å². The Labute approximate surface area is 84.3 Å². The van der Waals surface area contributed by atoms with E-state index in [1.807, 2.05) is 0 Å². The average Bonchev–Trinajstić information content (AvgIpc) is 2.83. The maximum absolute atomic E-state index is 5.81. The lowest BCUT2D eigenvalue weighted by Gasteiger charge is -2.10. The molecule has 0 aromatic carbocycles. The normalized spacial score (nSPS) is 25.4. The lowest BCUT2D eigenvalue weighted by Crippen LogP contribution is -2.11. The summed E-state index contributed by atoms with van der Waals surface area (Å²) in [7, 11) is 2.08. The quantitative estimate of drug-likeness (QED) is 0.765. The third-order valence-electron chi connectivity index (χ3n) is 3.59. The van der Waals surface area contributed by atoms with E-state index in [9.17, 15) is 0 Å². The minimum atomic E-state index is 0.592. The lowest BCUT2D eigenvalue weighted by atomic mass is 10.00. The zero-order valence-electron chi connectivity index (χ0n) is 8.66. The Morgan fingerprint density at radius 3 is 2.86 bits per heavy atom. The molecule has 0 spiro atoms. The van der Waals surface area contributed by atoms with Gasteiger partial charge in [-0.3, -0.25) is 4.68 Å². The summed E-state index contributed by atoms with van der Waals surface area (Å²) < 4.78 is 2.10. The van der Waals surface area contributed by atoms with Gasteiger partial charge in [-0.1, -0.05) is 0 Å². The lowest BCUT2D eigenvalue weighted by molar-refractivity contribution is 0.633. The summed E-state index contributed by atoms with van der Waals surface area (Å²) in [4.78, 5) is 0. The van der Waals surface area contributed by atoms with Crippen LogP contribution in [0.1, 0.15) is 48.0 Å². The summed E-state index contributed by atoms with van der Waals surface area (Å²) in [6, 6.07) is 0. The van der Waals surface area contributed by atoms with E-state index in [0.717, 1.165) is 18.9 Å². The number of aromatic nitrogens is 2. The van der Waals surface area contributed by atoms with Crippen molar-refractivity contribution in [3.63, 3.8) is 0 Å². The van der Waals surface area contributed by atoms with Crippen LogP contribution < -0.4 is 5.73 Å². The number of aryl methyl sites for hydroxylation is 2. The SMILES string of the molecule is Cn1nc2c(c1C1CC1)C(CN)CC2. The molecule has 0 amide bonds. The molecule has 0 radical (unpaired) electrons. The molecule has 1 heterocycles. The molecule has 2 aliphatic carbocycles. The molecule has 3 nitrogen and oxygen atoms in total. The Morgan fingerprint density at radius 1 is 1.43 bits per heavy atom. The van der Waals surface area contributed by atoms with Gasteiger partial charge in [-0.25, -0.2) is 0 Å². The molecule has 1 aromatic rings. The number of hydrogen-bond donors (Lipinski definition) is 1. The maximum Gasteiger partial charge on any atom is 0.0663 e. The minimum Gasteiger partial charge on any atom is -0.330 e. The second-order valence-corrected chi connectivity index (χ2v) is 4.61. The van der Waals surface area contributed by atoms with E-state index < -0.39 is 0 Å². The van der Waals surface area contributed by atoms with E-state index in [1.165, 1.54) is 36.2 Å². The molecular weight excluding hydrogens is 174 g/mol. The number of rotatable bonds is 2. The van der Waals surface area contributed by atoms with Gasteiger partial charge in [-0.05, 0) is 32.2 Å². The molecule has 76 valence electrons. The molecule has 1 atom stereocenters. The van der Waals surface area contributed by atoms with Gasteiger partial charge in [0.15, 0.2) is 0 Å². The van der Waals surface area contributed by atoms with E-state index in [0.29, 0.717) is 5.92 Å². The predicted octanol–water partition coefficient (Wildman–Crippen LogP) is 1.29. The van der Waals surface area contributed by atoms with Gasteiger partial charge in [0.25, 0.3) is 0 Å².